The van der Waals surface area contributed by atoms with Gasteiger partial charge in [-0.05, 0) is 0 Å². The smallest absolute Gasteiger partial charge is 0.870 e. The third-order valence-electron chi connectivity index (χ3n) is 1.57. The van der Waals surface area contributed by atoms with E-state index in [4.69, 9.17) is 9.47 Å². The van der Waals surface area contributed by atoms with E-state index in [1.165, 1.54) is 0 Å². The molecule has 0 aliphatic carbocycles. The molecule has 0 aromatic rings. The molecular weight excluding hydrogens is 283 g/mol. The van der Waals surface area contributed by atoms with Crippen LogP contribution in [0.25, 0.3) is 0 Å². The fraction of sp³-hybridized carbons (Fsp3) is 1.00. The van der Waals surface area contributed by atoms with Crippen molar-refractivity contribution in [1.82, 2.24) is 0 Å². The van der Waals surface area contributed by atoms with E-state index in [9.17, 15) is 0 Å². The van der Waals surface area contributed by atoms with Crippen LogP contribution < -0.4 is 0 Å². The molecule has 0 spiro atoms. The van der Waals surface area contributed by atoms with E-state index >= 15 is 0 Å². The molecule has 8 nitrogen and oxygen atoms in total. The summed E-state index contributed by atoms with van der Waals surface area (Å²) in [4.78, 5) is 0. The Morgan fingerprint density at radius 1 is 0.588 bits per heavy atom. The number of ether oxygens (including phenoxy) is 4. The van der Waals surface area contributed by atoms with Crippen LogP contribution in [0.1, 0.15) is 0 Å². The summed E-state index contributed by atoms with van der Waals surface area (Å²) in [5.41, 5.74) is 0. The normalized spacial score (nSPS) is 16.9. The quantitative estimate of drug-likeness (QED) is 0.363. The average Bonchev–Trinajstić information content (AvgIpc) is 2.24. The van der Waals surface area contributed by atoms with E-state index in [1.807, 2.05) is 0 Å². The third kappa shape index (κ3) is 21.9. The van der Waals surface area contributed by atoms with Crippen LogP contribution in [-0.2, 0) is 26.0 Å². The van der Waals surface area contributed by atoms with Crippen molar-refractivity contribution in [1.29, 1.82) is 0 Å². The second-order valence-electron chi connectivity index (χ2n) is 2.57. The van der Waals surface area contributed by atoms with Crippen molar-refractivity contribution < 1.29 is 57.3 Å². The first-order valence-corrected chi connectivity index (χ1v) is 4.42. The van der Waals surface area contributed by atoms with Crippen molar-refractivity contribution in [3.63, 3.8) is 0 Å². The summed E-state index contributed by atoms with van der Waals surface area (Å²) in [7, 11) is 0. The maximum absolute atomic E-state index is 4.98. The zero-order valence-corrected chi connectivity index (χ0v) is 10.5. The van der Waals surface area contributed by atoms with Crippen molar-refractivity contribution in [3.8, 4) is 0 Å². The molecule has 0 atom stereocenters. The molecule has 0 saturated carbocycles. The van der Waals surface area contributed by atoms with E-state index in [0.717, 1.165) is 52.9 Å². The van der Waals surface area contributed by atoms with Crippen LogP contribution in [0.4, 0.5) is 0 Å². The van der Waals surface area contributed by atoms with Crippen molar-refractivity contribution in [3.05, 3.63) is 0 Å². The topological polar surface area (TPSA) is 166 Å². The van der Waals surface area contributed by atoms with Gasteiger partial charge in [0.1, 0.15) is 26.4 Å². The van der Waals surface area contributed by atoms with Crippen LogP contribution in [0.5, 0.6) is 0 Å². The Labute approximate surface area is 111 Å². The Hall–Kier alpha value is 0.174. The van der Waals surface area contributed by atoms with Crippen molar-refractivity contribution in [2.45, 2.75) is 0 Å². The molecule has 2 aliphatic heterocycles. The Morgan fingerprint density at radius 2 is 0.824 bits per heavy atom. The minimum Gasteiger partial charge on any atom is -0.870 e. The number of hydrogen-bond donors (Lipinski definition) is 0. The zero-order valence-electron chi connectivity index (χ0n) is 9.53. The molecular formula is C8H23NiO8+. The van der Waals surface area contributed by atoms with Crippen LogP contribution in [0.3, 0.4) is 0 Å². The van der Waals surface area contributed by atoms with Crippen molar-refractivity contribution in [2.24, 2.45) is 0 Å². The minimum atomic E-state index is 0. The van der Waals surface area contributed by atoms with Gasteiger partial charge in [-0.25, -0.2) is 0 Å². The van der Waals surface area contributed by atoms with Crippen LogP contribution in [-0.4, -0.2) is 84.2 Å². The van der Waals surface area contributed by atoms with Gasteiger partial charge in [-0.1, -0.05) is 0 Å². The maximum Gasteiger partial charge on any atom is 2.00 e. The second kappa shape index (κ2) is 25.1. The molecule has 112 valence electrons. The molecule has 2 rings (SSSR count). The predicted octanol–water partition coefficient (Wildman–Crippen LogP) is -2.27. The molecule has 0 amide bonds. The van der Waals surface area contributed by atoms with Gasteiger partial charge in [-0.3, -0.25) is 0 Å². The third-order valence-corrected chi connectivity index (χ3v) is 1.57. The Balaban J connectivity index is -0.0000000436. The minimum absolute atomic E-state index is 0. The van der Waals surface area contributed by atoms with Crippen LogP contribution >= 0.6 is 0 Å². The molecule has 2 heterocycles. The van der Waals surface area contributed by atoms with Gasteiger partial charge >= 0.3 is 16.5 Å². The number of rotatable bonds is 0. The number of hydrogen-bond acceptors (Lipinski definition) is 5. The van der Waals surface area contributed by atoms with Gasteiger partial charge in [0.05, 0.1) is 0 Å². The van der Waals surface area contributed by atoms with E-state index in [2.05, 4.69) is 9.47 Å². The predicted molar refractivity (Wildman–Crippen MR) is 55.0 cm³/mol. The van der Waals surface area contributed by atoms with Crippen LogP contribution in [0.2, 0.25) is 0 Å². The van der Waals surface area contributed by atoms with Gasteiger partial charge in [0, 0.05) is 0 Å². The molecule has 9 heteroatoms. The van der Waals surface area contributed by atoms with Gasteiger partial charge in [0.2, 0.25) is 0 Å². The van der Waals surface area contributed by atoms with Gasteiger partial charge in [0.25, 0.3) is 0 Å². The Morgan fingerprint density at radius 3 is 0.882 bits per heavy atom. The second-order valence-corrected chi connectivity index (χ2v) is 2.57. The van der Waals surface area contributed by atoms with E-state index < -0.39 is 0 Å². The first-order valence-electron chi connectivity index (χ1n) is 4.42. The standard InChI is InChI=1S/2C4H8O2.Ni.4H2O/c2*1-2-6-4-3-5-1;;;;;/h2*1-4H2;;4*1H2/q;;+2;;;;/p-1. The summed E-state index contributed by atoms with van der Waals surface area (Å²) in [6.45, 7) is 6.94. The van der Waals surface area contributed by atoms with Gasteiger partial charge < -0.3 is 40.9 Å². The molecule has 2 saturated heterocycles. The first-order chi connectivity index (χ1) is 6.00. The summed E-state index contributed by atoms with van der Waals surface area (Å²) in [5, 5.41) is 0. The fourth-order valence-corrected chi connectivity index (χ4v) is 0.944. The van der Waals surface area contributed by atoms with Crippen LogP contribution in [0.15, 0.2) is 0 Å². The molecule has 2 fully saturated rings. The summed E-state index contributed by atoms with van der Waals surface area (Å²) in [5.74, 6) is 0. The summed E-state index contributed by atoms with van der Waals surface area (Å²) in [6.07, 6.45) is 0. The fourth-order valence-electron chi connectivity index (χ4n) is 0.944. The van der Waals surface area contributed by atoms with Crippen molar-refractivity contribution >= 4 is 0 Å². The number of aliphatic hydroxyl groups is 4. The monoisotopic (exact) mass is 305 g/mol. The van der Waals surface area contributed by atoms with E-state index in [0.29, 0.717) is 0 Å². The molecule has 0 radical (unpaired) electrons. The first kappa shape index (κ1) is 30.3. The maximum atomic E-state index is 4.98. The molecule has 0 aromatic carbocycles. The Kier molecular flexibility index (Phi) is 44.8. The molecule has 0 unspecified atom stereocenters. The molecule has 17 heavy (non-hydrogen) atoms. The summed E-state index contributed by atoms with van der Waals surface area (Å²) < 4.78 is 18.1. The van der Waals surface area contributed by atoms with Crippen molar-refractivity contribution in [2.75, 3.05) is 52.9 Å². The summed E-state index contributed by atoms with van der Waals surface area (Å²) in [6, 6.07) is 0. The molecule has 2 aliphatic rings. The average molecular weight is 306 g/mol. The molecule has 7 N–H and O–H groups in total. The zero-order chi connectivity index (χ0) is 8.49. The molecule has 0 bridgehead atoms. The van der Waals surface area contributed by atoms with E-state index in [1.54, 1.807) is 0 Å². The Bertz CT molecular complexity index is 64.5. The van der Waals surface area contributed by atoms with Crippen LogP contribution in [0, 0.1) is 0 Å². The largest absolute Gasteiger partial charge is 2.00 e. The van der Waals surface area contributed by atoms with Gasteiger partial charge in [-0.15, -0.1) is 0 Å². The van der Waals surface area contributed by atoms with Gasteiger partial charge in [-0.2, -0.15) is 0 Å². The van der Waals surface area contributed by atoms with E-state index in [-0.39, 0.29) is 38.4 Å². The molecule has 0 aromatic heterocycles. The van der Waals surface area contributed by atoms with Gasteiger partial charge in [0.15, 0.2) is 26.4 Å². The summed E-state index contributed by atoms with van der Waals surface area (Å²) >= 11 is 0. The SMILES string of the molecule is C1C[OH+]CCO1.C1C[OH+]CCO1.O.[Ni+2].[OH-].[OH-].[OH-].